The number of carbonyl (C=O) groups is 1. The molecule has 0 saturated carbocycles. The van der Waals surface area contributed by atoms with Crippen LogP contribution in [0, 0.1) is 6.92 Å². The predicted octanol–water partition coefficient (Wildman–Crippen LogP) is 2.51. The van der Waals surface area contributed by atoms with Crippen molar-refractivity contribution in [3.63, 3.8) is 0 Å². The van der Waals surface area contributed by atoms with Gasteiger partial charge in [0.1, 0.15) is 10.4 Å². The maximum Gasteiger partial charge on any atom is 0.263 e. The Bertz CT molecular complexity index is 795. The van der Waals surface area contributed by atoms with Crippen LogP contribution in [0.2, 0.25) is 0 Å². The van der Waals surface area contributed by atoms with E-state index in [9.17, 15) is 4.79 Å². The van der Waals surface area contributed by atoms with Crippen LogP contribution in [0.25, 0.3) is 10.2 Å². The second-order valence-electron chi connectivity index (χ2n) is 4.69. The Balaban J connectivity index is 1.78. The Morgan fingerprint density at radius 1 is 1.33 bits per heavy atom. The van der Waals surface area contributed by atoms with Crippen LogP contribution in [0.4, 0.5) is 5.69 Å². The second-order valence-corrected chi connectivity index (χ2v) is 5.74. The minimum atomic E-state index is -0.184. The van der Waals surface area contributed by atoms with Crippen molar-refractivity contribution in [3.8, 4) is 0 Å². The van der Waals surface area contributed by atoms with Gasteiger partial charge in [0.15, 0.2) is 0 Å². The molecule has 0 fully saturated rings. The standard InChI is InChI=1S/C15H14N4OS/c1-9-4-5-10(7-18-9)8-19-15(20)14-12(16)13-11(21-14)3-2-6-17-13/h2-7H,8,16H2,1H3,(H,19,20). The van der Waals surface area contributed by atoms with Gasteiger partial charge in [-0.05, 0) is 30.7 Å². The fourth-order valence-corrected chi connectivity index (χ4v) is 2.98. The highest BCUT2D eigenvalue weighted by Crippen LogP contribution is 2.31. The molecule has 3 heterocycles. The van der Waals surface area contributed by atoms with E-state index in [1.165, 1.54) is 11.3 Å². The van der Waals surface area contributed by atoms with E-state index in [2.05, 4.69) is 15.3 Å². The van der Waals surface area contributed by atoms with Crippen molar-refractivity contribution in [1.29, 1.82) is 0 Å². The molecule has 0 unspecified atom stereocenters. The van der Waals surface area contributed by atoms with Crippen molar-refractivity contribution in [2.24, 2.45) is 0 Å². The number of amides is 1. The van der Waals surface area contributed by atoms with E-state index >= 15 is 0 Å². The van der Waals surface area contributed by atoms with Gasteiger partial charge in [-0.1, -0.05) is 6.07 Å². The molecular formula is C15H14N4OS. The number of carbonyl (C=O) groups excluding carboxylic acids is 1. The van der Waals surface area contributed by atoms with E-state index in [1.807, 2.05) is 31.2 Å². The Kier molecular flexibility index (Phi) is 3.53. The molecule has 3 aromatic rings. The molecule has 0 aliphatic rings. The summed E-state index contributed by atoms with van der Waals surface area (Å²) in [6, 6.07) is 7.60. The Labute approximate surface area is 125 Å². The minimum absolute atomic E-state index is 0.184. The van der Waals surface area contributed by atoms with Crippen LogP contribution in [0.1, 0.15) is 20.9 Å². The zero-order chi connectivity index (χ0) is 14.8. The highest BCUT2D eigenvalue weighted by Gasteiger charge is 2.16. The lowest BCUT2D eigenvalue weighted by molar-refractivity contribution is 0.0956. The lowest BCUT2D eigenvalue weighted by Gasteiger charge is -2.04. The summed E-state index contributed by atoms with van der Waals surface area (Å²) >= 11 is 1.35. The average Bonchev–Trinajstić information content (AvgIpc) is 2.84. The number of fused-ring (bicyclic) bond motifs is 1. The predicted molar refractivity (Wildman–Crippen MR) is 84.2 cm³/mol. The number of nitrogens with one attached hydrogen (secondary N) is 1. The molecule has 21 heavy (non-hydrogen) atoms. The van der Waals surface area contributed by atoms with E-state index in [1.54, 1.807) is 12.4 Å². The molecule has 3 N–H and O–H groups in total. The van der Waals surface area contributed by atoms with Gasteiger partial charge in [0.25, 0.3) is 5.91 Å². The van der Waals surface area contributed by atoms with Crippen molar-refractivity contribution in [2.75, 3.05) is 5.73 Å². The molecule has 0 atom stereocenters. The van der Waals surface area contributed by atoms with Gasteiger partial charge in [0, 0.05) is 24.6 Å². The Morgan fingerprint density at radius 3 is 2.90 bits per heavy atom. The number of aryl methyl sites for hydroxylation is 1. The molecule has 5 nitrogen and oxygen atoms in total. The first kappa shape index (κ1) is 13.5. The van der Waals surface area contributed by atoms with Gasteiger partial charge < -0.3 is 11.1 Å². The third-order valence-corrected chi connectivity index (χ3v) is 4.27. The summed E-state index contributed by atoms with van der Waals surface area (Å²) in [7, 11) is 0. The number of anilines is 1. The highest BCUT2D eigenvalue weighted by atomic mass is 32.1. The van der Waals surface area contributed by atoms with E-state index in [0.717, 1.165) is 16.0 Å². The maximum absolute atomic E-state index is 12.2. The average molecular weight is 298 g/mol. The topological polar surface area (TPSA) is 80.9 Å². The Morgan fingerprint density at radius 2 is 2.19 bits per heavy atom. The lowest BCUT2D eigenvalue weighted by Crippen LogP contribution is -2.22. The van der Waals surface area contributed by atoms with Gasteiger partial charge in [-0.3, -0.25) is 14.8 Å². The molecule has 3 rings (SSSR count). The molecule has 6 heteroatoms. The lowest BCUT2D eigenvalue weighted by atomic mass is 10.2. The van der Waals surface area contributed by atoms with Crippen LogP contribution in [-0.4, -0.2) is 15.9 Å². The fraction of sp³-hybridized carbons (Fsp3) is 0.133. The number of pyridine rings is 2. The molecule has 0 saturated heterocycles. The molecule has 0 radical (unpaired) electrons. The third-order valence-electron chi connectivity index (χ3n) is 3.11. The number of thiophene rings is 1. The molecular weight excluding hydrogens is 284 g/mol. The summed E-state index contributed by atoms with van der Waals surface area (Å²) in [5.74, 6) is -0.184. The monoisotopic (exact) mass is 298 g/mol. The molecule has 106 valence electrons. The molecule has 3 aromatic heterocycles. The molecule has 0 bridgehead atoms. The number of nitrogen functional groups attached to an aromatic ring is 1. The van der Waals surface area contributed by atoms with Crippen molar-refractivity contribution in [1.82, 2.24) is 15.3 Å². The first-order valence-electron chi connectivity index (χ1n) is 6.48. The highest BCUT2D eigenvalue weighted by molar-refractivity contribution is 7.21. The Hall–Kier alpha value is -2.47. The van der Waals surface area contributed by atoms with Gasteiger partial charge in [0.05, 0.1) is 10.4 Å². The fourth-order valence-electron chi connectivity index (χ4n) is 1.98. The number of nitrogens with two attached hydrogens (primary N) is 1. The SMILES string of the molecule is Cc1ccc(CNC(=O)c2sc3cccnc3c2N)cn1. The van der Waals surface area contributed by atoms with E-state index < -0.39 is 0 Å². The number of hydrogen-bond acceptors (Lipinski definition) is 5. The summed E-state index contributed by atoms with van der Waals surface area (Å²) in [6.07, 6.45) is 3.43. The van der Waals surface area contributed by atoms with Crippen molar-refractivity contribution < 1.29 is 4.79 Å². The van der Waals surface area contributed by atoms with Crippen LogP contribution in [0.5, 0.6) is 0 Å². The zero-order valence-electron chi connectivity index (χ0n) is 11.5. The quantitative estimate of drug-likeness (QED) is 0.778. The summed E-state index contributed by atoms with van der Waals surface area (Å²) in [5, 5.41) is 2.86. The number of hydrogen-bond donors (Lipinski definition) is 2. The summed E-state index contributed by atoms with van der Waals surface area (Å²) < 4.78 is 0.914. The first-order valence-corrected chi connectivity index (χ1v) is 7.29. The van der Waals surface area contributed by atoms with Gasteiger partial charge in [-0.25, -0.2) is 0 Å². The molecule has 0 spiro atoms. The van der Waals surface area contributed by atoms with E-state index in [0.29, 0.717) is 22.6 Å². The van der Waals surface area contributed by atoms with Crippen LogP contribution in [0.3, 0.4) is 0 Å². The van der Waals surface area contributed by atoms with Crippen LogP contribution in [-0.2, 0) is 6.54 Å². The largest absolute Gasteiger partial charge is 0.396 e. The zero-order valence-corrected chi connectivity index (χ0v) is 12.3. The van der Waals surface area contributed by atoms with Crippen molar-refractivity contribution in [2.45, 2.75) is 13.5 Å². The summed E-state index contributed by atoms with van der Waals surface area (Å²) in [5.41, 5.74) is 9.03. The molecule has 0 aliphatic carbocycles. The van der Waals surface area contributed by atoms with Crippen molar-refractivity contribution >= 4 is 33.1 Å². The first-order chi connectivity index (χ1) is 10.1. The van der Waals surface area contributed by atoms with Crippen LogP contribution < -0.4 is 11.1 Å². The van der Waals surface area contributed by atoms with Gasteiger partial charge >= 0.3 is 0 Å². The third kappa shape index (κ3) is 2.71. The molecule has 0 aromatic carbocycles. The number of nitrogens with zero attached hydrogens (tertiary/aromatic N) is 2. The van der Waals surface area contributed by atoms with Crippen LogP contribution >= 0.6 is 11.3 Å². The van der Waals surface area contributed by atoms with Gasteiger partial charge in [-0.15, -0.1) is 11.3 Å². The normalized spacial score (nSPS) is 10.7. The second kappa shape index (κ2) is 5.49. The minimum Gasteiger partial charge on any atom is -0.396 e. The number of rotatable bonds is 3. The smallest absolute Gasteiger partial charge is 0.263 e. The van der Waals surface area contributed by atoms with E-state index in [4.69, 9.17) is 5.73 Å². The molecule has 1 amide bonds. The van der Waals surface area contributed by atoms with Crippen molar-refractivity contribution in [3.05, 3.63) is 52.8 Å². The maximum atomic E-state index is 12.2. The molecule has 0 aliphatic heterocycles. The van der Waals surface area contributed by atoms with E-state index in [-0.39, 0.29) is 5.91 Å². The summed E-state index contributed by atoms with van der Waals surface area (Å²) in [4.78, 5) is 21.2. The summed E-state index contributed by atoms with van der Waals surface area (Å²) in [6.45, 7) is 2.35. The number of aromatic nitrogens is 2. The van der Waals surface area contributed by atoms with Crippen LogP contribution in [0.15, 0.2) is 36.7 Å². The van der Waals surface area contributed by atoms with Gasteiger partial charge in [0.2, 0.25) is 0 Å². The van der Waals surface area contributed by atoms with Gasteiger partial charge in [-0.2, -0.15) is 0 Å².